The fourth-order valence-electron chi connectivity index (χ4n) is 3.06. The molecule has 1 saturated carbocycles. The van der Waals surface area contributed by atoms with Crippen molar-refractivity contribution < 1.29 is 9.90 Å². The van der Waals surface area contributed by atoms with Crippen molar-refractivity contribution in [1.82, 2.24) is 15.0 Å². The molecule has 0 radical (unpaired) electrons. The van der Waals surface area contributed by atoms with Gasteiger partial charge in [0.2, 0.25) is 5.91 Å². The van der Waals surface area contributed by atoms with Gasteiger partial charge in [-0.3, -0.25) is 14.8 Å². The number of pyridine rings is 3. The van der Waals surface area contributed by atoms with Crippen molar-refractivity contribution in [2.75, 3.05) is 5.32 Å². The number of amides is 1. The smallest absolute Gasteiger partial charge is 0.228 e. The number of aliphatic hydroxyl groups excluding tert-OH is 1. The van der Waals surface area contributed by atoms with E-state index in [1.54, 1.807) is 24.7 Å². The molecule has 4 rings (SSSR count). The van der Waals surface area contributed by atoms with Gasteiger partial charge in [-0.15, -0.1) is 0 Å². The lowest BCUT2D eigenvalue weighted by molar-refractivity contribution is -0.117. The van der Waals surface area contributed by atoms with E-state index < -0.39 is 6.10 Å². The lowest BCUT2D eigenvalue weighted by atomic mass is 10.1. The third kappa shape index (κ3) is 3.98. The van der Waals surface area contributed by atoms with Gasteiger partial charge in [0.1, 0.15) is 5.82 Å². The zero-order chi connectivity index (χ0) is 19.7. The molecule has 0 spiro atoms. The number of nitrogens with one attached hydrogen (secondary N) is 1. The molecule has 0 bridgehead atoms. The molecule has 3 heterocycles. The Hall–Kier alpha value is -2.57. The fourth-order valence-corrected chi connectivity index (χ4v) is 3.32. The number of aromatic nitrogens is 3. The van der Waals surface area contributed by atoms with Gasteiger partial charge in [-0.1, -0.05) is 24.9 Å². The van der Waals surface area contributed by atoms with Crippen molar-refractivity contribution in [2.45, 2.75) is 38.7 Å². The molecule has 7 heteroatoms. The highest BCUT2D eigenvalue weighted by Gasteiger charge is 2.29. The van der Waals surface area contributed by atoms with E-state index >= 15 is 0 Å². The van der Waals surface area contributed by atoms with Gasteiger partial charge < -0.3 is 10.4 Å². The first-order chi connectivity index (χ1) is 13.5. The SMILES string of the molecule is CCCC(O)c1cc(Cl)c(-c2cc3cnc(NC(=O)C4CC4)cc3cn2)cn1. The van der Waals surface area contributed by atoms with Gasteiger partial charge in [0.05, 0.1) is 22.5 Å². The molecule has 1 fully saturated rings. The number of anilines is 1. The van der Waals surface area contributed by atoms with Crippen LogP contribution in [0.1, 0.15) is 44.4 Å². The summed E-state index contributed by atoms with van der Waals surface area (Å²) in [6, 6.07) is 5.40. The van der Waals surface area contributed by atoms with Crippen molar-refractivity contribution >= 4 is 34.1 Å². The van der Waals surface area contributed by atoms with E-state index in [-0.39, 0.29) is 11.8 Å². The van der Waals surface area contributed by atoms with Crippen LogP contribution in [0.4, 0.5) is 5.82 Å². The number of carbonyl (C=O) groups is 1. The molecule has 1 atom stereocenters. The highest BCUT2D eigenvalue weighted by atomic mass is 35.5. The van der Waals surface area contributed by atoms with E-state index in [2.05, 4.69) is 20.3 Å². The molecule has 28 heavy (non-hydrogen) atoms. The number of halogens is 1. The summed E-state index contributed by atoms with van der Waals surface area (Å²) in [6.45, 7) is 2.01. The Balaban J connectivity index is 1.59. The summed E-state index contributed by atoms with van der Waals surface area (Å²) in [5.74, 6) is 0.694. The maximum Gasteiger partial charge on any atom is 0.228 e. The topological polar surface area (TPSA) is 88.0 Å². The van der Waals surface area contributed by atoms with E-state index in [0.29, 0.717) is 34.2 Å². The fraction of sp³-hybridized carbons (Fsp3) is 0.333. The Bertz CT molecular complexity index is 1040. The van der Waals surface area contributed by atoms with Crippen LogP contribution in [0.3, 0.4) is 0 Å². The van der Waals surface area contributed by atoms with Crippen molar-refractivity contribution in [3.05, 3.63) is 47.5 Å². The second-order valence-corrected chi connectivity index (χ2v) is 7.55. The Morgan fingerprint density at radius 2 is 1.93 bits per heavy atom. The first-order valence-electron chi connectivity index (χ1n) is 9.45. The van der Waals surface area contributed by atoms with Crippen LogP contribution in [-0.2, 0) is 4.79 Å². The third-order valence-corrected chi connectivity index (χ3v) is 5.17. The Morgan fingerprint density at radius 3 is 2.64 bits per heavy atom. The molecule has 2 N–H and O–H groups in total. The summed E-state index contributed by atoms with van der Waals surface area (Å²) in [7, 11) is 0. The lowest BCUT2D eigenvalue weighted by Gasteiger charge is -2.11. The third-order valence-electron chi connectivity index (χ3n) is 4.86. The van der Waals surface area contributed by atoms with Crippen LogP contribution in [0.25, 0.3) is 22.0 Å². The largest absolute Gasteiger partial charge is 0.387 e. The number of fused-ring (bicyclic) bond motifs is 1. The molecule has 3 aromatic rings. The number of carbonyl (C=O) groups excluding carboxylic acids is 1. The maximum atomic E-state index is 11.9. The van der Waals surface area contributed by atoms with Crippen LogP contribution in [0.2, 0.25) is 5.02 Å². The van der Waals surface area contributed by atoms with Gasteiger partial charge >= 0.3 is 0 Å². The first-order valence-corrected chi connectivity index (χ1v) is 9.83. The second kappa shape index (κ2) is 7.81. The first kappa shape index (κ1) is 18.8. The van der Waals surface area contributed by atoms with Gasteiger partial charge in [0.25, 0.3) is 0 Å². The lowest BCUT2D eigenvalue weighted by Crippen LogP contribution is -2.14. The van der Waals surface area contributed by atoms with E-state index in [4.69, 9.17) is 11.6 Å². The Labute approximate surface area is 168 Å². The number of hydrogen-bond donors (Lipinski definition) is 2. The van der Waals surface area contributed by atoms with Crippen molar-refractivity contribution in [3.8, 4) is 11.3 Å². The quantitative estimate of drug-likeness (QED) is 0.639. The minimum atomic E-state index is -0.616. The van der Waals surface area contributed by atoms with E-state index in [1.165, 1.54) is 0 Å². The molecule has 6 nitrogen and oxygen atoms in total. The second-order valence-electron chi connectivity index (χ2n) is 7.14. The molecule has 1 unspecified atom stereocenters. The summed E-state index contributed by atoms with van der Waals surface area (Å²) in [5, 5.41) is 15.2. The molecule has 144 valence electrons. The highest BCUT2D eigenvalue weighted by Crippen LogP contribution is 2.32. The number of rotatable bonds is 6. The van der Waals surface area contributed by atoms with Crippen LogP contribution >= 0.6 is 11.6 Å². The molecular formula is C21H21ClN4O2. The maximum absolute atomic E-state index is 11.9. The molecule has 3 aromatic heterocycles. The number of nitrogens with zero attached hydrogens (tertiary/aromatic N) is 3. The van der Waals surface area contributed by atoms with E-state index in [0.717, 1.165) is 30.0 Å². The standard InChI is InChI=1S/C21H21ClN4O2/c1-2-3-19(27)18-8-16(22)15(11-24-18)17-6-13-10-25-20(7-14(13)9-23-17)26-21(28)12-4-5-12/h6-12,19,27H,2-5H2,1H3,(H,25,26,28). The number of aliphatic hydroxyl groups is 1. The summed E-state index contributed by atoms with van der Waals surface area (Å²) >= 11 is 6.42. The molecule has 1 aliphatic rings. The van der Waals surface area contributed by atoms with Crippen molar-refractivity contribution in [3.63, 3.8) is 0 Å². The molecule has 0 aromatic carbocycles. The average molecular weight is 397 g/mol. The Morgan fingerprint density at radius 1 is 1.18 bits per heavy atom. The average Bonchev–Trinajstić information content (AvgIpc) is 3.53. The van der Waals surface area contributed by atoms with Crippen LogP contribution in [0.15, 0.2) is 36.8 Å². The van der Waals surface area contributed by atoms with Gasteiger partial charge in [-0.25, -0.2) is 4.98 Å². The summed E-state index contributed by atoms with van der Waals surface area (Å²) in [4.78, 5) is 25.1. The molecular weight excluding hydrogens is 376 g/mol. The zero-order valence-electron chi connectivity index (χ0n) is 15.5. The van der Waals surface area contributed by atoms with Gasteiger partial charge in [-0.05, 0) is 37.5 Å². The molecule has 1 amide bonds. The van der Waals surface area contributed by atoms with E-state index in [1.807, 2.05) is 19.1 Å². The van der Waals surface area contributed by atoms with Gasteiger partial charge in [0, 0.05) is 40.8 Å². The number of hydrogen-bond acceptors (Lipinski definition) is 5. The van der Waals surface area contributed by atoms with Gasteiger partial charge in [-0.2, -0.15) is 0 Å². The predicted molar refractivity (Wildman–Crippen MR) is 109 cm³/mol. The van der Waals surface area contributed by atoms with Crippen molar-refractivity contribution in [2.24, 2.45) is 5.92 Å². The summed E-state index contributed by atoms with van der Waals surface area (Å²) in [5.41, 5.74) is 1.94. The van der Waals surface area contributed by atoms with E-state index in [9.17, 15) is 9.90 Å². The molecule has 0 saturated heterocycles. The predicted octanol–water partition coefficient (Wildman–Crippen LogP) is 4.53. The molecule has 1 aliphatic carbocycles. The van der Waals surface area contributed by atoms with Crippen LogP contribution in [0.5, 0.6) is 0 Å². The van der Waals surface area contributed by atoms with Crippen LogP contribution in [-0.4, -0.2) is 26.0 Å². The van der Waals surface area contributed by atoms with Crippen LogP contribution in [0, 0.1) is 5.92 Å². The van der Waals surface area contributed by atoms with Crippen LogP contribution < -0.4 is 5.32 Å². The monoisotopic (exact) mass is 396 g/mol. The van der Waals surface area contributed by atoms with Crippen molar-refractivity contribution in [1.29, 1.82) is 0 Å². The Kier molecular flexibility index (Phi) is 5.24. The molecule has 0 aliphatic heterocycles. The normalized spacial score (nSPS) is 14.8. The minimum Gasteiger partial charge on any atom is -0.387 e. The van der Waals surface area contributed by atoms with Gasteiger partial charge in [0.15, 0.2) is 0 Å². The zero-order valence-corrected chi connectivity index (χ0v) is 16.3. The minimum absolute atomic E-state index is 0.0274. The highest BCUT2D eigenvalue weighted by molar-refractivity contribution is 6.33. The summed E-state index contributed by atoms with van der Waals surface area (Å²) < 4.78 is 0. The summed E-state index contributed by atoms with van der Waals surface area (Å²) in [6.07, 6.45) is 7.88.